The number of methoxy groups -OCH3 is 1. The van der Waals surface area contributed by atoms with Crippen LogP contribution >= 0.6 is 11.8 Å². The van der Waals surface area contributed by atoms with Crippen molar-refractivity contribution in [2.24, 2.45) is 0 Å². The van der Waals surface area contributed by atoms with E-state index >= 15 is 0 Å². The number of thioether (sulfide) groups is 1. The number of anilines is 1. The zero-order chi connectivity index (χ0) is 9.14. The summed E-state index contributed by atoms with van der Waals surface area (Å²) in [6.07, 6.45) is 1.80. The molecule has 0 aromatic carbocycles. The first kappa shape index (κ1) is 8.92. The first-order valence-electron chi connectivity index (χ1n) is 3.16. The Morgan fingerprint density at radius 3 is 2.75 bits per heavy atom. The lowest BCUT2D eigenvalue weighted by molar-refractivity contribution is 0.407. The fraction of sp³-hybridized carbons (Fsp3) is 0.333. The summed E-state index contributed by atoms with van der Waals surface area (Å²) in [6, 6.07) is 0. The standard InChI is InChI=1S/C6H9N3O2S/c1-11-3-4(7)8-6(12-2)9-5(3)10/h1-2H3,(H3,7,8,9,10). The van der Waals surface area contributed by atoms with Crippen molar-refractivity contribution in [3.05, 3.63) is 10.4 Å². The van der Waals surface area contributed by atoms with Gasteiger partial charge in [0.1, 0.15) is 0 Å². The molecule has 0 aliphatic heterocycles. The Morgan fingerprint density at radius 2 is 2.33 bits per heavy atom. The molecule has 3 N–H and O–H groups in total. The zero-order valence-corrected chi connectivity index (χ0v) is 7.57. The van der Waals surface area contributed by atoms with Crippen molar-refractivity contribution in [2.45, 2.75) is 5.16 Å². The number of aromatic amines is 1. The van der Waals surface area contributed by atoms with Crippen molar-refractivity contribution in [2.75, 3.05) is 19.1 Å². The van der Waals surface area contributed by atoms with Crippen LogP contribution in [0.2, 0.25) is 0 Å². The van der Waals surface area contributed by atoms with Crippen LogP contribution < -0.4 is 16.0 Å². The maximum Gasteiger partial charge on any atom is 0.296 e. The minimum absolute atomic E-state index is 0.0628. The fourth-order valence-electron chi connectivity index (χ4n) is 0.752. The number of aromatic nitrogens is 2. The van der Waals surface area contributed by atoms with Gasteiger partial charge in [-0.15, -0.1) is 0 Å². The molecular formula is C6H9N3O2S. The van der Waals surface area contributed by atoms with Crippen LogP contribution in [0.15, 0.2) is 9.95 Å². The Bertz CT molecular complexity index is 336. The van der Waals surface area contributed by atoms with Gasteiger partial charge in [-0.3, -0.25) is 9.78 Å². The molecule has 0 spiro atoms. The molecule has 0 fully saturated rings. The van der Waals surface area contributed by atoms with Crippen LogP contribution in [0, 0.1) is 0 Å². The average molecular weight is 187 g/mol. The van der Waals surface area contributed by atoms with Crippen molar-refractivity contribution >= 4 is 17.6 Å². The molecule has 1 rings (SSSR count). The Labute approximate surface area is 73.3 Å². The highest BCUT2D eigenvalue weighted by Gasteiger charge is 2.07. The van der Waals surface area contributed by atoms with E-state index in [9.17, 15) is 4.79 Å². The lowest BCUT2D eigenvalue weighted by atomic mass is 10.5. The highest BCUT2D eigenvalue weighted by molar-refractivity contribution is 7.98. The predicted octanol–water partition coefficient (Wildman–Crippen LogP) is 0.0826. The number of rotatable bonds is 2. The van der Waals surface area contributed by atoms with Gasteiger partial charge in [-0.1, -0.05) is 11.8 Å². The molecule has 0 aliphatic carbocycles. The van der Waals surface area contributed by atoms with Crippen LogP contribution in [0.4, 0.5) is 5.82 Å². The van der Waals surface area contributed by atoms with Crippen molar-refractivity contribution in [3.8, 4) is 5.75 Å². The molecular weight excluding hydrogens is 178 g/mol. The first-order chi connectivity index (χ1) is 5.69. The molecule has 0 saturated carbocycles. The van der Waals surface area contributed by atoms with E-state index in [0.717, 1.165) is 0 Å². The molecule has 1 aromatic heterocycles. The van der Waals surface area contributed by atoms with Crippen molar-refractivity contribution in [1.29, 1.82) is 0 Å². The molecule has 0 aliphatic rings. The van der Waals surface area contributed by atoms with E-state index in [1.165, 1.54) is 18.9 Å². The van der Waals surface area contributed by atoms with Gasteiger partial charge in [-0.2, -0.15) is 0 Å². The molecule has 12 heavy (non-hydrogen) atoms. The minimum atomic E-state index is -0.352. The third-order valence-corrected chi connectivity index (χ3v) is 1.86. The number of hydrogen-bond donors (Lipinski definition) is 2. The van der Waals surface area contributed by atoms with Crippen LogP contribution in [-0.2, 0) is 0 Å². The molecule has 5 nitrogen and oxygen atoms in total. The molecule has 0 amide bonds. The fourth-order valence-corrected chi connectivity index (χ4v) is 1.14. The zero-order valence-electron chi connectivity index (χ0n) is 6.75. The maximum atomic E-state index is 11.1. The van der Waals surface area contributed by atoms with E-state index in [0.29, 0.717) is 5.16 Å². The van der Waals surface area contributed by atoms with Gasteiger partial charge in [0.15, 0.2) is 11.0 Å². The van der Waals surface area contributed by atoms with Crippen molar-refractivity contribution in [1.82, 2.24) is 9.97 Å². The van der Waals surface area contributed by atoms with Gasteiger partial charge in [0, 0.05) is 0 Å². The molecule has 0 bridgehead atoms. The van der Waals surface area contributed by atoms with Crippen LogP contribution in [0.3, 0.4) is 0 Å². The summed E-state index contributed by atoms with van der Waals surface area (Å²) in [4.78, 5) is 17.5. The van der Waals surface area contributed by atoms with E-state index in [1.54, 1.807) is 6.26 Å². The van der Waals surface area contributed by atoms with E-state index in [1.807, 2.05) is 0 Å². The normalized spacial score (nSPS) is 9.83. The lowest BCUT2D eigenvalue weighted by Gasteiger charge is -2.02. The van der Waals surface area contributed by atoms with Gasteiger partial charge in [0.2, 0.25) is 5.75 Å². The topological polar surface area (TPSA) is 81.0 Å². The second-order valence-electron chi connectivity index (χ2n) is 1.99. The minimum Gasteiger partial charge on any atom is -0.489 e. The number of H-pyrrole nitrogens is 1. The lowest BCUT2D eigenvalue weighted by Crippen LogP contribution is -2.14. The highest BCUT2D eigenvalue weighted by Crippen LogP contribution is 2.14. The molecule has 66 valence electrons. The molecule has 0 unspecified atom stereocenters. The van der Waals surface area contributed by atoms with E-state index in [-0.39, 0.29) is 17.1 Å². The third kappa shape index (κ3) is 1.53. The first-order valence-corrected chi connectivity index (χ1v) is 4.39. The van der Waals surface area contributed by atoms with Gasteiger partial charge in [0.25, 0.3) is 5.56 Å². The van der Waals surface area contributed by atoms with Gasteiger partial charge in [0.05, 0.1) is 7.11 Å². The number of nitrogens with zero attached hydrogens (tertiary/aromatic N) is 1. The molecule has 6 heteroatoms. The summed E-state index contributed by atoms with van der Waals surface area (Å²) in [5.74, 6) is 0.179. The van der Waals surface area contributed by atoms with E-state index in [2.05, 4.69) is 9.97 Å². The Morgan fingerprint density at radius 1 is 1.67 bits per heavy atom. The summed E-state index contributed by atoms with van der Waals surface area (Å²) in [6.45, 7) is 0. The average Bonchev–Trinajstić information content (AvgIpc) is 2.03. The van der Waals surface area contributed by atoms with Gasteiger partial charge in [-0.05, 0) is 6.26 Å². The summed E-state index contributed by atoms with van der Waals surface area (Å²) in [7, 11) is 1.38. The van der Waals surface area contributed by atoms with Crippen LogP contribution in [0.1, 0.15) is 0 Å². The predicted molar refractivity (Wildman–Crippen MR) is 47.6 cm³/mol. The Balaban J connectivity index is 3.28. The molecule has 1 heterocycles. The quantitative estimate of drug-likeness (QED) is 0.506. The number of nitrogen functional groups attached to an aromatic ring is 1. The number of nitrogens with one attached hydrogen (secondary N) is 1. The van der Waals surface area contributed by atoms with Gasteiger partial charge < -0.3 is 10.5 Å². The maximum absolute atomic E-state index is 11.1. The second-order valence-corrected chi connectivity index (χ2v) is 2.79. The van der Waals surface area contributed by atoms with Gasteiger partial charge >= 0.3 is 0 Å². The Hall–Kier alpha value is -1.17. The summed E-state index contributed by atoms with van der Waals surface area (Å²) in [5.41, 5.74) is 5.09. The highest BCUT2D eigenvalue weighted by atomic mass is 32.2. The van der Waals surface area contributed by atoms with E-state index in [4.69, 9.17) is 10.5 Å². The van der Waals surface area contributed by atoms with Gasteiger partial charge in [-0.25, -0.2) is 4.98 Å². The number of ether oxygens (including phenoxy) is 1. The largest absolute Gasteiger partial charge is 0.489 e. The van der Waals surface area contributed by atoms with Crippen LogP contribution in [0.25, 0.3) is 0 Å². The third-order valence-electron chi connectivity index (χ3n) is 1.28. The summed E-state index contributed by atoms with van der Waals surface area (Å²) >= 11 is 1.31. The molecule has 0 saturated heterocycles. The molecule has 1 aromatic rings. The number of nitrogens with two attached hydrogens (primary N) is 1. The summed E-state index contributed by atoms with van der Waals surface area (Å²) in [5, 5.41) is 0.485. The monoisotopic (exact) mass is 187 g/mol. The molecule has 0 atom stereocenters. The van der Waals surface area contributed by atoms with Crippen LogP contribution in [-0.4, -0.2) is 23.3 Å². The van der Waals surface area contributed by atoms with E-state index < -0.39 is 0 Å². The number of hydrogen-bond acceptors (Lipinski definition) is 5. The Kier molecular flexibility index (Phi) is 2.59. The van der Waals surface area contributed by atoms with Crippen molar-refractivity contribution in [3.63, 3.8) is 0 Å². The SMILES string of the molecule is COc1c(N)nc(SC)[nH]c1=O. The molecule has 0 radical (unpaired) electrons. The summed E-state index contributed by atoms with van der Waals surface area (Å²) < 4.78 is 4.73. The second kappa shape index (κ2) is 3.48. The smallest absolute Gasteiger partial charge is 0.296 e. The van der Waals surface area contributed by atoms with Crippen LogP contribution in [0.5, 0.6) is 5.75 Å². The van der Waals surface area contributed by atoms with Crippen molar-refractivity contribution < 1.29 is 4.74 Å².